The average Bonchev–Trinajstić information content (AvgIpc) is 2.53. The smallest absolute Gasteiger partial charge is 0.357 e. The molecule has 0 aromatic heterocycles. The number of amides is 1. The molecule has 0 bridgehead atoms. The van der Waals surface area contributed by atoms with Gasteiger partial charge in [-0.1, -0.05) is 0 Å². The van der Waals surface area contributed by atoms with Crippen LogP contribution in [0.3, 0.4) is 0 Å². The summed E-state index contributed by atoms with van der Waals surface area (Å²) in [5.41, 5.74) is 0.174. The Morgan fingerprint density at radius 3 is 2.42 bits per heavy atom. The van der Waals surface area contributed by atoms with Gasteiger partial charge in [-0.05, 0) is 33.3 Å². The van der Waals surface area contributed by atoms with Gasteiger partial charge in [0.05, 0.1) is 10.8 Å². The predicted octanol–water partition coefficient (Wildman–Crippen LogP) is 1.44. The van der Waals surface area contributed by atoms with E-state index in [1.54, 1.807) is 27.7 Å². The number of fused-ring (bicyclic) bond motifs is 1. The molecule has 2 heterocycles. The second-order valence-corrected chi connectivity index (χ2v) is 8.28. The maximum Gasteiger partial charge on any atom is 0.357 e. The first kappa shape index (κ1) is 20.3. The minimum Gasteiger partial charge on any atom is -0.465 e. The summed E-state index contributed by atoms with van der Waals surface area (Å²) in [7, 11) is 0. The zero-order valence-electron chi connectivity index (χ0n) is 15.5. The highest BCUT2D eigenvalue weighted by Crippen LogP contribution is 2.43. The molecule has 2 aliphatic heterocycles. The van der Waals surface area contributed by atoms with Gasteiger partial charge in [-0.2, -0.15) is 0 Å². The summed E-state index contributed by atoms with van der Waals surface area (Å²) in [4.78, 5) is 48.8. The molecule has 0 saturated carbocycles. The SMILES string of the molecule is CC(=O)OC[C@H]1C(=O)N2C(C(=O)OCOC(=O)C(C)(C)C)=C(C)CS[C@@H]12. The number of esters is 3. The van der Waals surface area contributed by atoms with E-state index >= 15 is 0 Å². The van der Waals surface area contributed by atoms with E-state index in [0.717, 1.165) is 0 Å². The quantitative estimate of drug-likeness (QED) is 0.398. The van der Waals surface area contributed by atoms with Crippen LogP contribution in [-0.2, 0) is 33.4 Å². The van der Waals surface area contributed by atoms with Crippen LogP contribution in [0.25, 0.3) is 0 Å². The molecule has 0 N–H and O–H groups in total. The van der Waals surface area contributed by atoms with Crippen LogP contribution in [0.2, 0.25) is 0 Å². The Labute approximate surface area is 156 Å². The van der Waals surface area contributed by atoms with E-state index < -0.39 is 36.0 Å². The van der Waals surface area contributed by atoms with Crippen molar-refractivity contribution in [2.24, 2.45) is 11.3 Å². The van der Waals surface area contributed by atoms with E-state index in [1.807, 2.05) is 0 Å². The molecule has 0 spiro atoms. The molecule has 26 heavy (non-hydrogen) atoms. The van der Waals surface area contributed by atoms with E-state index in [0.29, 0.717) is 11.3 Å². The van der Waals surface area contributed by atoms with Crippen LogP contribution >= 0.6 is 11.8 Å². The van der Waals surface area contributed by atoms with Crippen LogP contribution in [0.5, 0.6) is 0 Å². The molecular formula is C17H23NO7S. The molecule has 0 unspecified atom stereocenters. The van der Waals surface area contributed by atoms with Crippen LogP contribution in [0.4, 0.5) is 0 Å². The van der Waals surface area contributed by atoms with Crippen LogP contribution in [0, 0.1) is 11.3 Å². The van der Waals surface area contributed by atoms with Crippen molar-refractivity contribution < 1.29 is 33.4 Å². The maximum atomic E-state index is 12.4. The van der Waals surface area contributed by atoms with Gasteiger partial charge in [0.1, 0.15) is 18.2 Å². The standard InChI is InChI=1S/C17H23NO7S/c1-9-7-26-14-11(6-23-10(2)19)13(20)18(14)12(9)15(21)24-8-25-16(22)17(3,4)5/h11,14H,6-8H2,1-5H3/t11-,14-/m0/s1. The molecule has 2 atom stereocenters. The van der Waals surface area contributed by atoms with Crippen molar-refractivity contribution in [2.75, 3.05) is 19.2 Å². The zero-order valence-corrected chi connectivity index (χ0v) is 16.3. The highest BCUT2D eigenvalue weighted by molar-refractivity contribution is 8.00. The minimum atomic E-state index is -0.714. The van der Waals surface area contributed by atoms with Crippen LogP contribution in [0.1, 0.15) is 34.6 Å². The Kier molecular flexibility index (Phi) is 6.00. The van der Waals surface area contributed by atoms with Crippen molar-refractivity contribution >= 4 is 35.6 Å². The lowest BCUT2D eigenvalue weighted by molar-refractivity contribution is -0.174. The van der Waals surface area contributed by atoms with Crippen molar-refractivity contribution in [1.82, 2.24) is 4.90 Å². The van der Waals surface area contributed by atoms with E-state index in [2.05, 4.69) is 0 Å². The first-order chi connectivity index (χ1) is 12.0. The van der Waals surface area contributed by atoms with Crippen LogP contribution < -0.4 is 0 Å². The zero-order chi connectivity index (χ0) is 19.6. The number of ether oxygens (including phenoxy) is 3. The van der Waals surface area contributed by atoms with Crippen molar-refractivity contribution in [3.05, 3.63) is 11.3 Å². The van der Waals surface area contributed by atoms with Gasteiger partial charge in [-0.25, -0.2) is 4.79 Å². The third-order valence-electron chi connectivity index (χ3n) is 3.92. The second-order valence-electron chi connectivity index (χ2n) is 7.18. The molecule has 0 radical (unpaired) electrons. The van der Waals surface area contributed by atoms with E-state index in [4.69, 9.17) is 14.2 Å². The first-order valence-electron chi connectivity index (χ1n) is 8.16. The normalized spacial score (nSPS) is 22.3. The summed E-state index contributed by atoms with van der Waals surface area (Å²) in [5, 5.41) is -0.273. The molecule has 1 fully saturated rings. The molecule has 2 aliphatic rings. The third-order valence-corrected chi connectivity index (χ3v) is 5.40. The summed E-state index contributed by atoms with van der Waals surface area (Å²) in [6.45, 7) is 7.57. The largest absolute Gasteiger partial charge is 0.465 e. The Balaban J connectivity index is 1.98. The Morgan fingerprint density at radius 1 is 1.19 bits per heavy atom. The number of carbonyl (C=O) groups excluding carboxylic acids is 4. The Morgan fingerprint density at radius 2 is 1.85 bits per heavy atom. The summed E-state index contributed by atoms with van der Waals surface area (Å²) >= 11 is 1.50. The lowest BCUT2D eigenvalue weighted by atomic mass is 9.96. The molecule has 0 aromatic carbocycles. The lowest BCUT2D eigenvalue weighted by Crippen LogP contribution is -2.62. The molecule has 9 heteroatoms. The van der Waals surface area contributed by atoms with Crippen LogP contribution in [0.15, 0.2) is 11.3 Å². The van der Waals surface area contributed by atoms with E-state index in [1.165, 1.54) is 23.6 Å². The number of hydrogen-bond acceptors (Lipinski definition) is 8. The molecule has 0 aliphatic carbocycles. The van der Waals surface area contributed by atoms with Gasteiger partial charge < -0.3 is 14.2 Å². The molecule has 0 aromatic rings. The van der Waals surface area contributed by atoms with Crippen molar-refractivity contribution in [1.29, 1.82) is 0 Å². The Hall–Kier alpha value is -2.03. The number of hydrogen-bond donors (Lipinski definition) is 0. The highest BCUT2D eigenvalue weighted by Gasteiger charge is 2.53. The average molecular weight is 385 g/mol. The van der Waals surface area contributed by atoms with Crippen molar-refractivity contribution in [2.45, 2.75) is 40.0 Å². The fraction of sp³-hybridized carbons (Fsp3) is 0.647. The van der Waals surface area contributed by atoms with Gasteiger partial charge in [0.15, 0.2) is 0 Å². The van der Waals surface area contributed by atoms with Gasteiger partial charge >= 0.3 is 17.9 Å². The summed E-state index contributed by atoms with van der Waals surface area (Å²) in [5.74, 6) is -1.87. The summed E-state index contributed by atoms with van der Waals surface area (Å²) in [6, 6.07) is 0. The first-order valence-corrected chi connectivity index (χ1v) is 9.21. The summed E-state index contributed by atoms with van der Waals surface area (Å²) < 4.78 is 14.9. The fourth-order valence-electron chi connectivity index (χ4n) is 2.49. The van der Waals surface area contributed by atoms with Crippen LogP contribution in [-0.4, -0.2) is 53.2 Å². The summed E-state index contributed by atoms with van der Waals surface area (Å²) in [6.07, 6.45) is 0. The predicted molar refractivity (Wildman–Crippen MR) is 92.4 cm³/mol. The fourth-order valence-corrected chi connectivity index (χ4v) is 3.83. The molecule has 8 nitrogen and oxygen atoms in total. The highest BCUT2D eigenvalue weighted by atomic mass is 32.2. The number of nitrogens with zero attached hydrogens (tertiary/aromatic N) is 1. The van der Waals surface area contributed by atoms with E-state index in [-0.39, 0.29) is 23.6 Å². The molecule has 1 amide bonds. The van der Waals surface area contributed by atoms with Gasteiger partial charge in [0.2, 0.25) is 12.7 Å². The molecular weight excluding hydrogens is 362 g/mol. The third kappa shape index (κ3) is 4.20. The topological polar surface area (TPSA) is 99.2 Å². The van der Waals surface area contributed by atoms with Crippen molar-refractivity contribution in [3.63, 3.8) is 0 Å². The Bertz CT molecular complexity index is 665. The molecule has 1 saturated heterocycles. The molecule has 2 rings (SSSR count). The van der Waals surface area contributed by atoms with Gasteiger partial charge in [-0.15, -0.1) is 11.8 Å². The number of carbonyl (C=O) groups is 4. The van der Waals surface area contributed by atoms with Gasteiger partial charge in [-0.3, -0.25) is 19.3 Å². The number of rotatable bonds is 5. The second kappa shape index (κ2) is 7.69. The minimum absolute atomic E-state index is 0.00704. The van der Waals surface area contributed by atoms with Gasteiger partial charge in [0.25, 0.3) is 0 Å². The lowest BCUT2D eigenvalue weighted by Gasteiger charge is -2.49. The number of β-lactam (4-membered cyclic amide) rings is 1. The maximum absolute atomic E-state index is 12.4. The monoisotopic (exact) mass is 385 g/mol. The number of thioether (sulfide) groups is 1. The molecule has 144 valence electrons. The van der Waals surface area contributed by atoms with E-state index in [9.17, 15) is 19.2 Å². The van der Waals surface area contributed by atoms with Gasteiger partial charge in [0, 0.05) is 12.7 Å². The van der Waals surface area contributed by atoms with Crippen molar-refractivity contribution in [3.8, 4) is 0 Å².